The summed E-state index contributed by atoms with van der Waals surface area (Å²) < 4.78 is 21.8. The Morgan fingerprint density at radius 2 is 2.00 bits per heavy atom. The number of rotatable bonds is 1. The highest BCUT2D eigenvalue weighted by atomic mass is 32.2. The van der Waals surface area contributed by atoms with E-state index in [1.165, 1.54) is 0 Å². The average Bonchev–Trinajstić information content (AvgIpc) is 1.81. The molecule has 12 heavy (non-hydrogen) atoms. The summed E-state index contributed by atoms with van der Waals surface area (Å²) in [6.07, 6.45) is 1.34. The second kappa shape index (κ2) is 2.02. The molecule has 0 amide bonds. The van der Waals surface area contributed by atoms with Crippen LogP contribution in [0.4, 0.5) is 0 Å². The van der Waals surface area contributed by atoms with Gasteiger partial charge >= 0.3 is 5.97 Å². The van der Waals surface area contributed by atoms with Gasteiger partial charge in [0, 0.05) is 0 Å². The Morgan fingerprint density at radius 1 is 1.42 bits per heavy atom. The Hall–Kier alpha value is -0.580. The summed E-state index contributed by atoms with van der Waals surface area (Å²) in [5.74, 6) is -1.03. The zero-order valence-electron chi connectivity index (χ0n) is 6.49. The van der Waals surface area contributed by atoms with Crippen LogP contribution < -0.4 is 0 Å². The summed E-state index contributed by atoms with van der Waals surface area (Å²) in [4.78, 5) is 10.4. The van der Waals surface area contributed by atoms with Crippen molar-refractivity contribution >= 4 is 15.8 Å². The molecule has 0 unspecified atom stereocenters. The van der Waals surface area contributed by atoms with Gasteiger partial charge in [-0.05, 0) is 19.3 Å². The lowest BCUT2D eigenvalue weighted by atomic mass is 9.72. The summed E-state index contributed by atoms with van der Waals surface area (Å²) in [5, 5.41) is 8.56. The van der Waals surface area contributed by atoms with Crippen LogP contribution in [0.2, 0.25) is 0 Å². The second-order valence-electron chi connectivity index (χ2n) is 3.70. The van der Waals surface area contributed by atoms with E-state index in [0.717, 1.165) is 0 Å². The molecule has 1 saturated carbocycles. The molecule has 5 heteroatoms. The van der Waals surface area contributed by atoms with Crippen LogP contribution in [0.3, 0.4) is 0 Å². The van der Waals surface area contributed by atoms with Gasteiger partial charge < -0.3 is 5.11 Å². The fraction of sp³-hybridized carbons (Fsp3) is 0.857. The normalized spacial score (nSPS) is 43.2. The molecule has 2 rings (SSSR count). The standard InChI is InChI=1S/C7H10O4S/c8-6(9)5-3-7(4-5)1-2-12(7,10)11/h5H,1-4H2,(H,8,9). The molecule has 1 heterocycles. The van der Waals surface area contributed by atoms with Gasteiger partial charge in [0.05, 0.1) is 16.4 Å². The third-order valence-corrected chi connectivity index (χ3v) is 5.67. The van der Waals surface area contributed by atoms with Gasteiger partial charge in [-0.2, -0.15) is 0 Å². The summed E-state index contributed by atoms with van der Waals surface area (Å²) >= 11 is 0. The van der Waals surface area contributed by atoms with Gasteiger partial charge in [-0.1, -0.05) is 0 Å². The molecule has 4 nitrogen and oxygen atoms in total. The van der Waals surface area contributed by atoms with Gasteiger partial charge in [0.15, 0.2) is 9.84 Å². The molecule has 1 N–H and O–H groups in total. The SMILES string of the molecule is O=C(O)C1CC2(CCS2(=O)=O)C1. The molecule has 68 valence electrons. The predicted octanol–water partition coefficient (Wildman–Crippen LogP) is 0.0383. The average molecular weight is 190 g/mol. The van der Waals surface area contributed by atoms with E-state index in [0.29, 0.717) is 19.3 Å². The largest absolute Gasteiger partial charge is 0.481 e. The van der Waals surface area contributed by atoms with Crippen LogP contribution in [0.15, 0.2) is 0 Å². The number of hydrogen-bond acceptors (Lipinski definition) is 3. The van der Waals surface area contributed by atoms with Crippen LogP contribution in [-0.4, -0.2) is 30.0 Å². The summed E-state index contributed by atoms with van der Waals surface area (Å²) in [7, 11) is -2.91. The highest BCUT2D eigenvalue weighted by molar-refractivity contribution is 7.94. The van der Waals surface area contributed by atoms with E-state index in [1.807, 2.05) is 0 Å². The quantitative estimate of drug-likeness (QED) is 0.633. The number of hydrogen-bond donors (Lipinski definition) is 1. The Balaban J connectivity index is 2.09. The molecule has 1 spiro atoms. The van der Waals surface area contributed by atoms with Crippen molar-refractivity contribution < 1.29 is 18.3 Å². The predicted molar refractivity (Wildman–Crippen MR) is 41.5 cm³/mol. The molecule has 0 aromatic heterocycles. The van der Waals surface area contributed by atoms with E-state index in [-0.39, 0.29) is 5.75 Å². The lowest BCUT2D eigenvalue weighted by Gasteiger charge is -2.51. The maximum Gasteiger partial charge on any atom is 0.306 e. The molecule has 0 bridgehead atoms. The lowest BCUT2D eigenvalue weighted by molar-refractivity contribution is -0.145. The summed E-state index contributed by atoms with van der Waals surface area (Å²) in [6.45, 7) is 0. The van der Waals surface area contributed by atoms with Crippen molar-refractivity contribution in [2.45, 2.75) is 24.0 Å². The van der Waals surface area contributed by atoms with E-state index >= 15 is 0 Å². The van der Waals surface area contributed by atoms with Crippen LogP contribution in [0.5, 0.6) is 0 Å². The number of sulfone groups is 1. The first-order valence-corrected chi connectivity index (χ1v) is 5.57. The molecule has 0 aromatic rings. The summed E-state index contributed by atoms with van der Waals surface area (Å²) in [6, 6.07) is 0. The molecular weight excluding hydrogens is 180 g/mol. The molecule has 2 aliphatic rings. The molecule has 0 aromatic carbocycles. The first-order valence-electron chi connectivity index (χ1n) is 3.92. The van der Waals surface area contributed by atoms with Gasteiger partial charge in [0.25, 0.3) is 0 Å². The molecule has 2 fully saturated rings. The second-order valence-corrected chi connectivity index (χ2v) is 6.20. The minimum Gasteiger partial charge on any atom is -0.481 e. The third-order valence-electron chi connectivity index (χ3n) is 3.07. The van der Waals surface area contributed by atoms with Crippen molar-refractivity contribution in [3.05, 3.63) is 0 Å². The third kappa shape index (κ3) is 0.772. The highest BCUT2D eigenvalue weighted by Crippen LogP contribution is 2.52. The molecule has 1 saturated heterocycles. The molecule has 1 aliphatic carbocycles. The number of carbonyl (C=O) groups is 1. The van der Waals surface area contributed by atoms with Gasteiger partial charge in [0.1, 0.15) is 0 Å². The molecule has 1 aliphatic heterocycles. The van der Waals surface area contributed by atoms with Crippen LogP contribution >= 0.6 is 0 Å². The maximum atomic E-state index is 11.2. The van der Waals surface area contributed by atoms with Crippen molar-refractivity contribution in [1.29, 1.82) is 0 Å². The summed E-state index contributed by atoms with van der Waals surface area (Å²) in [5.41, 5.74) is 0. The van der Waals surface area contributed by atoms with Crippen molar-refractivity contribution in [2.75, 3.05) is 5.75 Å². The van der Waals surface area contributed by atoms with Gasteiger partial charge in [0.2, 0.25) is 0 Å². The topological polar surface area (TPSA) is 71.4 Å². The Bertz CT molecular complexity index is 323. The maximum absolute atomic E-state index is 11.2. The Labute approximate surface area is 70.5 Å². The fourth-order valence-corrected chi connectivity index (χ4v) is 4.05. The molecule has 0 radical (unpaired) electrons. The monoisotopic (exact) mass is 190 g/mol. The smallest absolute Gasteiger partial charge is 0.306 e. The van der Waals surface area contributed by atoms with Crippen LogP contribution in [0.1, 0.15) is 19.3 Å². The van der Waals surface area contributed by atoms with Crippen LogP contribution in [0.25, 0.3) is 0 Å². The van der Waals surface area contributed by atoms with Crippen LogP contribution in [-0.2, 0) is 14.6 Å². The first-order chi connectivity index (χ1) is 5.47. The fourth-order valence-electron chi connectivity index (χ4n) is 2.03. The zero-order chi connectivity index (χ0) is 8.98. The lowest BCUT2D eigenvalue weighted by Crippen LogP contribution is -2.60. The van der Waals surface area contributed by atoms with Crippen molar-refractivity contribution in [1.82, 2.24) is 0 Å². The van der Waals surface area contributed by atoms with E-state index in [2.05, 4.69) is 0 Å². The highest BCUT2D eigenvalue weighted by Gasteiger charge is 2.61. The Kier molecular flexibility index (Phi) is 1.35. The van der Waals surface area contributed by atoms with E-state index < -0.39 is 26.5 Å². The number of carboxylic acids is 1. The van der Waals surface area contributed by atoms with Gasteiger partial charge in [-0.15, -0.1) is 0 Å². The number of carboxylic acid groups (broad SMARTS) is 1. The van der Waals surface area contributed by atoms with Crippen LogP contribution in [0, 0.1) is 5.92 Å². The first kappa shape index (κ1) is 8.04. The van der Waals surface area contributed by atoms with E-state index in [4.69, 9.17) is 5.11 Å². The minimum absolute atomic E-state index is 0.249. The minimum atomic E-state index is -2.91. The van der Waals surface area contributed by atoms with Crippen molar-refractivity contribution in [2.24, 2.45) is 5.92 Å². The van der Waals surface area contributed by atoms with Crippen molar-refractivity contribution in [3.63, 3.8) is 0 Å². The molecule has 0 atom stereocenters. The van der Waals surface area contributed by atoms with E-state index in [9.17, 15) is 13.2 Å². The Morgan fingerprint density at radius 3 is 2.25 bits per heavy atom. The van der Waals surface area contributed by atoms with Gasteiger partial charge in [-0.25, -0.2) is 8.42 Å². The van der Waals surface area contributed by atoms with Gasteiger partial charge in [-0.3, -0.25) is 4.79 Å². The number of aliphatic carboxylic acids is 1. The zero-order valence-corrected chi connectivity index (χ0v) is 7.30. The van der Waals surface area contributed by atoms with Crippen molar-refractivity contribution in [3.8, 4) is 0 Å². The molecular formula is C7H10O4S. The van der Waals surface area contributed by atoms with E-state index in [1.54, 1.807) is 0 Å².